The third-order valence-electron chi connectivity index (χ3n) is 3.00. The van der Waals surface area contributed by atoms with Crippen molar-refractivity contribution in [1.29, 1.82) is 0 Å². The molecule has 112 valence electrons. The van der Waals surface area contributed by atoms with E-state index in [2.05, 4.69) is 37.5 Å². The van der Waals surface area contributed by atoms with Crippen LogP contribution >= 0.6 is 0 Å². The van der Waals surface area contributed by atoms with E-state index in [1.165, 1.54) is 6.20 Å². The number of hydrogen-bond acceptors (Lipinski definition) is 5. The van der Waals surface area contributed by atoms with Gasteiger partial charge in [0, 0.05) is 18.9 Å². The molecule has 0 radical (unpaired) electrons. The summed E-state index contributed by atoms with van der Waals surface area (Å²) in [5.41, 5.74) is 0.294. The first kappa shape index (κ1) is 15.0. The van der Waals surface area contributed by atoms with Crippen LogP contribution in [0.1, 0.15) is 49.0 Å². The highest BCUT2D eigenvalue weighted by atomic mass is 16.1. The first-order chi connectivity index (χ1) is 10.2. The number of anilines is 1. The lowest BCUT2D eigenvalue weighted by Gasteiger charge is -2.14. The molecule has 2 rings (SSSR count). The van der Waals surface area contributed by atoms with Crippen LogP contribution in [0, 0.1) is 0 Å². The van der Waals surface area contributed by atoms with Gasteiger partial charge in [-0.3, -0.25) is 4.79 Å². The summed E-state index contributed by atoms with van der Waals surface area (Å²) in [5.74, 6) is 1.15. The summed E-state index contributed by atoms with van der Waals surface area (Å²) in [6, 6.07) is -0.160. The van der Waals surface area contributed by atoms with E-state index < -0.39 is 0 Å². The van der Waals surface area contributed by atoms with Gasteiger partial charge in [-0.15, -0.1) is 0 Å². The number of aromatic nitrogens is 4. The largest absolute Gasteiger partial charge is 0.369 e. The normalized spacial score (nSPS) is 11.9. The van der Waals surface area contributed by atoms with Crippen molar-refractivity contribution in [1.82, 2.24) is 25.3 Å². The molecule has 1 amide bonds. The summed E-state index contributed by atoms with van der Waals surface area (Å²) in [7, 11) is 0. The Morgan fingerprint density at radius 2 is 2.14 bits per heavy atom. The van der Waals surface area contributed by atoms with Gasteiger partial charge in [0.2, 0.25) is 0 Å². The van der Waals surface area contributed by atoms with E-state index in [1.807, 2.05) is 6.92 Å². The second-order valence-corrected chi connectivity index (χ2v) is 4.62. The topological polar surface area (TPSA) is 95.6 Å². The summed E-state index contributed by atoms with van der Waals surface area (Å²) in [4.78, 5) is 27.6. The Kier molecular flexibility index (Phi) is 5.25. The van der Waals surface area contributed by atoms with E-state index in [9.17, 15) is 4.79 Å². The molecule has 0 bridgehead atoms. The molecule has 7 heteroatoms. The molecule has 2 aromatic heterocycles. The fraction of sp³-hybridized carbons (Fsp3) is 0.429. The molecule has 0 aromatic carbocycles. The molecule has 0 fully saturated rings. The van der Waals surface area contributed by atoms with Crippen LogP contribution in [0.5, 0.6) is 0 Å². The van der Waals surface area contributed by atoms with Crippen LogP contribution in [-0.2, 0) is 0 Å². The first-order valence-electron chi connectivity index (χ1n) is 7.10. The average molecular weight is 288 g/mol. The first-order valence-corrected chi connectivity index (χ1v) is 7.10. The van der Waals surface area contributed by atoms with Crippen LogP contribution < -0.4 is 10.6 Å². The van der Waals surface area contributed by atoms with Gasteiger partial charge in [-0.1, -0.05) is 13.8 Å². The van der Waals surface area contributed by atoms with Crippen molar-refractivity contribution in [2.75, 3.05) is 11.9 Å². The second-order valence-electron chi connectivity index (χ2n) is 4.62. The van der Waals surface area contributed by atoms with Gasteiger partial charge >= 0.3 is 0 Å². The minimum Gasteiger partial charge on any atom is -0.369 e. The van der Waals surface area contributed by atoms with Gasteiger partial charge in [0.15, 0.2) is 0 Å². The van der Waals surface area contributed by atoms with E-state index in [4.69, 9.17) is 0 Å². The predicted octanol–water partition coefficient (Wildman–Crippen LogP) is 1.90. The quantitative estimate of drug-likeness (QED) is 0.723. The number of aromatic amines is 1. The van der Waals surface area contributed by atoms with E-state index in [0.29, 0.717) is 11.5 Å². The fourth-order valence-corrected chi connectivity index (χ4v) is 1.85. The van der Waals surface area contributed by atoms with Gasteiger partial charge in [-0.25, -0.2) is 15.0 Å². The van der Waals surface area contributed by atoms with E-state index in [-0.39, 0.29) is 11.9 Å². The average Bonchev–Trinajstić information content (AvgIpc) is 3.05. The summed E-state index contributed by atoms with van der Waals surface area (Å²) in [6.07, 6.45) is 8.19. The molecule has 2 aromatic rings. The summed E-state index contributed by atoms with van der Waals surface area (Å²) in [6.45, 7) is 4.88. The third kappa shape index (κ3) is 4.01. The van der Waals surface area contributed by atoms with E-state index in [1.54, 1.807) is 18.6 Å². The smallest absolute Gasteiger partial charge is 0.272 e. The molecule has 0 aliphatic carbocycles. The molecule has 7 nitrogen and oxygen atoms in total. The lowest BCUT2D eigenvalue weighted by Crippen LogP contribution is -2.29. The maximum atomic E-state index is 12.2. The van der Waals surface area contributed by atoms with E-state index in [0.717, 1.165) is 25.2 Å². The van der Waals surface area contributed by atoms with Gasteiger partial charge < -0.3 is 15.6 Å². The molecule has 0 saturated heterocycles. The number of carbonyl (C=O) groups is 1. The Morgan fingerprint density at radius 1 is 1.29 bits per heavy atom. The second kappa shape index (κ2) is 7.37. The summed E-state index contributed by atoms with van der Waals surface area (Å²) in [5, 5.41) is 6.01. The predicted molar refractivity (Wildman–Crippen MR) is 79.9 cm³/mol. The highest BCUT2D eigenvalue weighted by Crippen LogP contribution is 2.12. The number of nitrogens with zero attached hydrogens (tertiary/aromatic N) is 3. The van der Waals surface area contributed by atoms with Crippen LogP contribution in [0.2, 0.25) is 0 Å². The highest BCUT2D eigenvalue weighted by molar-refractivity contribution is 5.92. The molecule has 1 atom stereocenters. The Labute approximate surface area is 123 Å². The van der Waals surface area contributed by atoms with Gasteiger partial charge in [0.1, 0.15) is 17.3 Å². The minimum atomic E-state index is -0.257. The molecule has 2 heterocycles. The number of nitrogens with one attached hydrogen (secondary N) is 3. The van der Waals surface area contributed by atoms with E-state index >= 15 is 0 Å². The third-order valence-corrected chi connectivity index (χ3v) is 3.00. The monoisotopic (exact) mass is 288 g/mol. The molecule has 0 saturated carbocycles. The van der Waals surface area contributed by atoms with Crippen molar-refractivity contribution in [3.05, 3.63) is 36.3 Å². The van der Waals surface area contributed by atoms with Gasteiger partial charge in [-0.2, -0.15) is 0 Å². The zero-order valence-electron chi connectivity index (χ0n) is 12.3. The highest BCUT2D eigenvalue weighted by Gasteiger charge is 2.16. The molecule has 3 N–H and O–H groups in total. The number of H-pyrrole nitrogens is 1. The summed E-state index contributed by atoms with van der Waals surface area (Å²) >= 11 is 0. The lowest BCUT2D eigenvalue weighted by molar-refractivity contribution is 0.0928. The molecule has 21 heavy (non-hydrogen) atoms. The van der Waals surface area contributed by atoms with Crippen molar-refractivity contribution in [2.45, 2.75) is 32.7 Å². The van der Waals surface area contributed by atoms with Crippen molar-refractivity contribution in [2.24, 2.45) is 0 Å². The van der Waals surface area contributed by atoms with Crippen LogP contribution in [0.4, 0.5) is 5.82 Å². The van der Waals surface area contributed by atoms with Crippen LogP contribution in [0.25, 0.3) is 0 Å². The van der Waals surface area contributed by atoms with Crippen molar-refractivity contribution < 1.29 is 4.79 Å². The number of rotatable bonds is 7. The Morgan fingerprint density at radius 3 is 2.71 bits per heavy atom. The Bertz CT molecular complexity index is 551. The molecule has 0 aliphatic heterocycles. The lowest BCUT2D eigenvalue weighted by atomic mass is 10.2. The van der Waals surface area contributed by atoms with Crippen molar-refractivity contribution >= 4 is 11.7 Å². The van der Waals surface area contributed by atoms with Gasteiger partial charge in [0.25, 0.3) is 5.91 Å². The SMILES string of the molecule is CCCNc1cnc(C(=O)NC(CC)c2ncc[nH]2)cn1. The maximum Gasteiger partial charge on any atom is 0.272 e. The standard InChI is InChI=1S/C14H20N6O/c1-3-5-15-12-9-18-11(8-19-12)14(21)20-10(4-2)13-16-6-7-17-13/h6-10H,3-5H2,1-2H3,(H,15,19)(H,16,17)(H,20,21). The van der Waals surface area contributed by atoms with Crippen molar-refractivity contribution in [3.8, 4) is 0 Å². The number of imidazole rings is 1. The maximum absolute atomic E-state index is 12.2. The Hall–Kier alpha value is -2.44. The molecular formula is C14H20N6O. The molecule has 1 unspecified atom stereocenters. The van der Waals surface area contributed by atoms with Crippen LogP contribution in [0.15, 0.2) is 24.8 Å². The zero-order chi connectivity index (χ0) is 15.1. The molecular weight excluding hydrogens is 268 g/mol. The van der Waals surface area contributed by atoms with Crippen molar-refractivity contribution in [3.63, 3.8) is 0 Å². The molecule has 0 spiro atoms. The summed E-state index contributed by atoms with van der Waals surface area (Å²) < 4.78 is 0. The molecule has 0 aliphatic rings. The van der Waals surface area contributed by atoms with Gasteiger partial charge in [-0.05, 0) is 12.8 Å². The number of carbonyl (C=O) groups excluding carboxylic acids is 1. The Balaban J connectivity index is 1.99. The number of hydrogen-bond donors (Lipinski definition) is 3. The zero-order valence-corrected chi connectivity index (χ0v) is 12.3. The van der Waals surface area contributed by atoms with Crippen LogP contribution in [0.3, 0.4) is 0 Å². The van der Waals surface area contributed by atoms with Crippen LogP contribution in [-0.4, -0.2) is 32.4 Å². The number of amides is 1. The minimum absolute atomic E-state index is 0.160. The van der Waals surface area contributed by atoms with Gasteiger partial charge in [0.05, 0.1) is 18.4 Å². The fourth-order valence-electron chi connectivity index (χ4n) is 1.85.